The lowest BCUT2D eigenvalue weighted by Crippen LogP contribution is -2.47. The highest BCUT2D eigenvalue weighted by atomic mass is 32.2. The van der Waals surface area contributed by atoms with Crippen molar-refractivity contribution < 1.29 is 22.7 Å². The van der Waals surface area contributed by atoms with Crippen LogP contribution in [0.2, 0.25) is 0 Å². The van der Waals surface area contributed by atoms with Gasteiger partial charge in [0.05, 0.1) is 18.1 Å². The van der Waals surface area contributed by atoms with E-state index in [2.05, 4.69) is 20.2 Å². The van der Waals surface area contributed by atoms with Crippen LogP contribution in [0.15, 0.2) is 23.1 Å². The second kappa shape index (κ2) is 8.48. The minimum absolute atomic E-state index is 0.0112. The maximum Gasteiger partial charge on any atom is 0.244 e. The molecule has 1 aliphatic carbocycles. The van der Waals surface area contributed by atoms with Crippen LogP contribution in [0.3, 0.4) is 0 Å². The van der Waals surface area contributed by atoms with E-state index in [0.717, 1.165) is 24.3 Å². The second-order valence-electron chi connectivity index (χ2n) is 7.71. The van der Waals surface area contributed by atoms with Crippen LogP contribution in [0.4, 0.5) is 5.13 Å². The van der Waals surface area contributed by atoms with Crippen molar-refractivity contribution in [2.24, 2.45) is 5.92 Å². The molecule has 0 unspecified atom stereocenters. The lowest BCUT2D eigenvalue weighted by atomic mass is 10.1. The number of anilines is 1. The third-order valence-corrected chi connectivity index (χ3v) is 7.30. The third-order valence-electron chi connectivity index (χ3n) is 4.86. The standard InChI is InChI=1S/C19H24N4O5S2/c1-11(2)16(17(24)20-19-22-21-18(29-19)12-4-5-12)23-30(25,26)13-6-7-14-15(10-13)28-9-3-8-27-14/h6-7,10-12,16,23H,3-5,8-9H2,1-2H3,(H,20,22,24)/t16-/m1/s1. The Kier molecular flexibility index (Phi) is 5.94. The fourth-order valence-corrected chi connectivity index (χ4v) is 5.28. The topological polar surface area (TPSA) is 120 Å². The van der Waals surface area contributed by atoms with Gasteiger partial charge in [0, 0.05) is 18.4 Å². The molecule has 0 radical (unpaired) electrons. The first-order valence-electron chi connectivity index (χ1n) is 9.90. The molecule has 162 valence electrons. The Balaban J connectivity index is 1.49. The lowest BCUT2D eigenvalue weighted by Gasteiger charge is -2.21. The minimum Gasteiger partial charge on any atom is -0.490 e. The molecule has 1 aromatic heterocycles. The molecule has 2 aliphatic rings. The van der Waals surface area contributed by atoms with Crippen molar-refractivity contribution in [3.63, 3.8) is 0 Å². The number of benzene rings is 1. The molecule has 2 N–H and O–H groups in total. The number of rotatable bonds is 7. The molecule has 1 aliphatic heterocycles. The molecule has 0 saturated heterocycles. The molecular formula is C19H24N4O5S2. The monoisotopic (exact) mass is 452 g/mol. The molecule has 30 heavy (non-hydrogen) atoms. The van der Waals surface area contributed by atoms with Crippen molar-refractivity contribution >= 4 is 32.4 Å². The van der Waals surface area contributed by atoms with E-state index in [1.807, 2.05) is 0 Å². The van der Waals surface area contributed by atoms with Crippen LogP contribution in [0.25, 0.3) is 0 Å². The molecule has 0 spiro atoms. The summed E-state index contributed by atoms with van der Waals surface area (Å²) in [4.78, 5) is 12.8. The van der Waals surface area contributed by atoms with E-state index >= 15 is 0 Å². The summed E-state index contributed by atoms with van der Waals surface area (Å²) in [5, 5.41) is 12.1. The van der Waals surface area contributed by atoms with Crippen LogP contribution in [-0.2, 0) is 14.8 Å². The molecule has 11 heteroatoms. The molecule has 2 aromatic rings. The average Bonchev–Trinajstić information content (AvgIpc) is 3.49. The summed E-state index contributed by atoms with van der Waals surface area (Å²) in [6, 6.07) is 3.46. The van der Waals surface area contributed by atoms with Gasteiger partial charge >= 0.3 is 0 Å². The Morgan fingerprint density at radius 2 is 1.90 bits per heavy atom. The number of sulfonamides is 1. The largest absolute Gasteiger partial charge is 0.490 e. The zero-order valence-electron chi connectivity index (χ0n) is 16.8. The quantitative estimate of drug-likeness (QED) is 0.662. The van der Waals surface area contributed by atoms with Crippen molar-refractivity contribution in [3.8, 4) is 11.5 Å². The third kappa shape index (κ3) is 4.73. The normalized spacial score (nSPS) is 17.4. The number of carbonyl (C=O) groups excluding carboxylic acids is 1. The highest BCUT2D eigenvalue weighted by Gasteiger charge is 2.31. The van der Waals surface area contributed by atoms with Crippen molar-refractivity contribution in [1.29, 1.82) is 0 Å². The van der Waals surface area contributed by atoms with E-state index in [9.17, 15) is 13.2 Å². The fraction of sp³-hybridized carbons (Fsp3) is 0.526. The Bertz CT molecular complexity index is 1030. The van der Waals surface area contributed by atoms with E-state index in [0.29, 0.717) is 35.8 Å². The summed E-state index contributed by atoms with van der Waals surface area (Å²) in [6.07, 6.45) is 2.90. The molecular weight excluding hydrogens is 428 g/mol. The summed E-state index contributed by atoms with van der Waals surface area (Å²) in [5.74, 6) is 0.569. The number of fused-ring (bicyclic) bond motifs is 1. The fourth-order valence-electron chi connectivity index (χ4n) is 3.00. The van der Waals surface area contributed by atoms with Gasteiger partial charge in [-0.15, -0.1) is 10.2 Å². The van der Waals surface area contributed by atoms with Crippen molar-refractivity contribution in [3.05, 3.63) is 23.2 Å². The van der Waals surface area contributed by atoms with E-state index in [1.165, 1.54) is 23.5 Å². The van der Waals surface area contributed by atoms with Gasteiger partial charge in [-0.25, -0.2) is 8.42 Å². The van der Waals surface area contributed by atoms with Crippen LogP contribution in [0, 0.1) is 5.92 Å². The van der Waals surface area contributed by atoms with Gasteiger partial charge in [-0.1, -0.05) is 25.2 Å². The summed E-state index contributed by atoms with van der Waals surface area (Å²) < 4.78 is 39.6. The molecule has 4 rings (SSSR count). The predicted octanol–water partition coefficient (Wildman–Crippen LogP) is 2.52. The van der Waals surface area contributed by atoms with E-state index in [1.54, 1.807) is 19.9 Å². The molecule has 1 atom stereocenters. The van der Waals surface area contributed by atoms with Gasteiger partial charge in [0.2, 0.25) is 21.1 Å². The minimum atomic E-state index is -3.96. The number of aromatic nitrogens is 2. The summed E-state index contributed by atoms with van der Waals surface area (Å²) in [5.41, 5.74) is 0. The Morgan fingerprint density at radius 3 is 2.60 bits per heavy atom. The van der Waals surface area contributed by atoms with Crippen molar-refractivity contribution in [1.82, 2.24) is 14.9 Å². The van der Waals surface area contributed by atoms with Crippen LogP contribution in [0.5, 0.6) is 11.5 Å². The number of hydrogen-bond donors (Lipinski definition) is 2. The van der Waals surface area contributed by atoms with Gasteiger partial charge in [0.25, 0.3) is 0 Å². The molecule has 0 bridgehead atoms. The smallest absolute Gasteiger partial charge is 0.244 e. The van der Waals surface area contributed by atoms with Gasteiger partial charge in [-0.3, -0.25) is 10.1 Å². The zero-order valence-corrected chi connectivity index (χ0v) is 18.4. The molecule has 1 aromatic carbocycles. The number of nitrogens with zero attached hydrogens (tertiary/aromatic N) is 2. The maximum absolute atomic E-state index is 13.0. The first kappa shape index (κ1) is 21.0. The van der Waals surface area contributed by atoms with Gasteiger partial charge in [0.15, 0.2) is 11.5 Å². The number of nitrogens with one attached hydrogen (secondary N) is 2. The lowest BCUT2D eigenvalue weighted by molar-refractivity contribution is -0.118. The molecule has 1 fully saturated rings. The first-order valence-corrected chi connectivity index (χ1v) is 12.2. The van der Waals surface area contributed by atoms with Gasteiger partial charge < -0.3 is 9.47 Å². The maximum atomic E-state index is 13.0. The van der Waals surface area contributed by atoms with Gasteiger partial charge in [-0.2, -0.15) is 4.72 Å². The summed E-state index contributed by atoms with van der Waals surface area (Å²) >= 11 is 1.33. The highest BCUT2D eigenvalue weighted by Crippen LogP contribution is 2.42. The summed E-state index contributed by atoms with van der Waals surface area (Å²) in [7, 11) is -3.96. The SMILES string of the molecule is CC(C)[C@@H](NS(=O)(=O)c1ccc2c(c1)OCCCO2)C(=O)Nc1nnc(C2CC2)s1. The Morgan fingerprint density at radius 1 is 1.17 bits per heavy atom. The number of carbonyl (C=O) groups is 1. The molecule has 1 saturated carbocycles. The van der Waals surface area contributed by atoms with Crippen LogP contribution in [0.1, 0.15) is 44.0 Å². The first-order chi connectivity index (χ1) is 14.3. The molecule has 9 nitrogen and oxygen atoms in total. The van der Waals surface area contributed by atoms with E-state index < -0.39 is 22.0 Å². The predicted molar refractivity (Wildman–Crippen MR) is 112 cm³/mol. The average molecular weight is 453 g/mol. The number of ether oxygens (including phenoxy) is 2. The Hall–Kier alpha value is -2.24. The van der Waals surface area contributed by atoms with E-state index in [-0.39, 0.29) is 10.8 Å². The van der Waals surface area contributed by atoms with Crippen LogP contribution < -0.4 is 19.5 Å². The second-order valence-corrected chi connectivity index (χ2v) is 10.4. The molecule has 1 amide bonds. The highest BCUT2D eigenvalue weighted by molar-refractivity contribution is 7.89. The molecule has 2 heterocycles. The van der Waals surface area contributed by atoms with Crippen molar-refractivity contribution in [2.75, 3.05) is 18.5 Å². The van der Waals surface area contributed by atoms with Crippen LogP contribution in [-0.4, -0.2) is 43.8 Å². The van der Waals surface area contributed by atoms with Crippen LogP contribution >= 0.6 is 11.3 Å². The zero-order chi connectivity index (χ0) is 21.3. The summed E-state index contributed by atoms with van der Waals surface area (Å²) in [6.45, 7) is 4.51. The van der Waals surface area contributed by atoms with Crippen molar-refractivity contribution in [2.45, 2.75) is 50.0 Å². The van der Waals surface area contributed by atoms with Gasteiger partial charge in [0.1, 0.15) is 11.0 Å². The number of hydrogen-bond acceptors (Lipinski definition) is 8. The number of amides is 1. The Labute approximate surface area is 179 Å². The van der Waals surface area contributed by atoms with Gasteiger partial charge in [-0.05, 0) is 30.9 Å². The van der Waals surface area contributed by atoms with E-state index in [4.69, 9.17) is 9.47 Å².